The molecule has 2 rings (SSSR count). The minimum Gasteiger partial charge on any atom is -0.508 e. The number of phenolic OH excluding ortho intramolecular Hbond substituents is 1. The van der Waals surface area contributed by atoms with Crippen LogP contribution in [0.1, 0.15) is 50.6 Å². The van der Waals surface area contributed by atoms with E-state index >= 15 is 0 Å². The summed E-state index contributed by atoms with van der Waals surface area (Å²) in [4.78, 5) is 0. The summed E-state index contributed by atoms with van der Waals surface area (Å²) >= 11 is 0. The summed E-state index contributed by atoms with van der Waals surface area (Å²) in [5.41, 5.74) is 1.23. The Bertz CT molecular complexity index is 497. The summed E-state index contributed by atoms with van der Waals surface area (Å²) in [5.74, 6) is 0.189. The van der Waals surface area contributed by atoms with E-state index in [-0.39, 0.29) is 5.75 Å². The summed E-state index contributed by atoms with van der Waals surface area (Å²) in [6, 6.07) is 3.28. The lowest BCUT2D eigenvalue weighted by atomic mass is 9.84. The molecule has 0 saturated carbocycles. The predicted molar refractivity (Wildman–Crippen MR) is 75.7 cm³/mol. The van der Waals surface area contributed by atoms with Gasteiger partial charge in [0, 0.05) is 0 Å². The van der Waals surface area contributed by atoms with Gasteiger partial charge in [0.1, 0.15) is 11.9 Å². The zero-order valence-corrected chi connectivity index (χ0v) is 13.0. The number of hydroxylamine groups is 4. The van der Waals surface area contributed by atoms with E-state index < -0.39 is 17.2 Å². The minimum atomic E-state index is -0.652. The molecule has 3 N–H and O–H groups in total. The van der Waals surface area contributed by atoms with Crippen molar-refractivity contribution in [2.45, 2.75) is 58.8 Å². The minimum absolute atomic E-state index is 0.189. The van der Waals surface area contributed by atoms with Gasteiger partial charge in [0.2, 0.25) is 0 Å². The van der Waals surface area contributed by atoms with Crippen molar-refractivity contribution >= 4 is 0 Å². The number of nitrogens with zero attached hydrogens (tertiary/aromatic N) is 2. The largest absolute Gasteiger partial charge is 0.508 e. The Labute approximate surface area is 120 Å². The third-order valence-corrected chi connectivity index (χ3v) is 4.94. The van der Waals surface area contributed by atoms with Gasteiger partial charge in [-0.2, -0.15) is 10.1 Å². The van der Waals surface area contributed by atoms with Gasteiger partial charge in [0.05, 0.1) is 11.1 Å². The van der Waals surface area contributed by atoms with Crippen LogP contribution in [0.3, 0.4) is 0 Å². The molecule has 5 nitrogen and oxygen atoms in total. The van der Waals surface area contributed by atoms with Gasteiger partial charge in [-0.05, 0) is 70.4 Å². The Morgan fingerprint density at radius 3 is 1.60 bits per heavy atom. The second-order valence-electron chi connectivity index (χ2n) is 6.67. The quantitative estimate of drug-likeness (QED) is 0.738. The van der Waals surface area contributed by atoms with Crippen LogP contribution in [-0.4, -0.2) is 36.7 Å². The third kappa shape index (κ3) is 1.85. The maximum Gasteiger partial charge on any atom is 0.137 e. The van der Waals surface area contributed by atoms with Crippen LogP contribution < -0.4 is 0 Å². The highest BCUT2D eigenvalue weighted by atomic mass is 16.6. The Morgan fingerprint density at radius 2 is 1.25 bits per heavy atom. The smallest absolute Gasteiger partial charge is 0.137 e. The van der Waals surface area contributed by atoms with E-state index in [0.29, 0.717) is 0 Å². The first-order valence-corrected chi connectivity index (χ1v) is 6.78. The highest BCUT2D eigenvalue weighted by Gasteiger charge is 2.58. The molecule has 5 heteroatoms. The molecule has 0 unspecified atom stereocenters. The number of aromatic hydroxyl groups is 1. The van der Waals surface area contributed by atoms with Crippen LogP contribution in [0.4, 0.5) is 0 Å². The average molecular weight is 280 g/mol. The van der Waals surface area contributed by atoms with E-state index in [2.05, 4.69) is 0 Å². The molecule has 0 spiro atoms. The first-order valence-electron chi connectivity index (χ1n) is 6.78. The van der Waals surface area contributed by atoms with Crippen molar-refractivity contribution in [3.8, 4) is 5.75 Å². The number of phenols is 1. The van der Waals surface area contributed by atoms with Crippen molar-refractivity contribution in [2.24, 2.45) is 0 Å². The molecule has 112 valence electrons. The van der Waals surface area contributed by atoms with Crippen molar-refractivity contribution in [3.05, 3.63) is 28.8 Å². The molecule has 0 atom stereocenters. The number of hydrogen-bond donors (Lipinski definition) is 3. The Kier molecular flexibility index (Phi) is 3.38. The van der Waals surface area contributed by atoms with Crippen molar-refractivity contribution in [1.29, 1.82) is 0 Å². The van der Waals surface area contributed by atoms with Gasteiger partial charge in [-0.25, -0.2) is 0 Å². The molecule has 1 fully saturated rings. The van der Waals surface area contributed by atoms with Gasteiger partial charge in [-0.1, -0.05) is 0 Å². The van der Waals surface area contributed by atoms with Gasteiger partial charge in [0.15, 0.2) is 0 Å². The monoisotopic (exact) mass is 280 g/mol. The first-order chi connectivity index (χ1) is 9.01. The summed E-state index contributed by atoms with van der Waals surface area (Å²) in [6.45, 7) is 11.3. The maximum atomic E-state index is 10.6. The van der Waals surface area contributed by atoms with Crippen molar-refractivity contribution < 1.29 is 15.5 Å². The molecule has 1 aromatic carbocycles. The SMILES string of the molecule is Cc1cc(O)cc(C)c1C1N(O)C(C)(C)C(C)(C)N1O. The fourth-order valence-corrected chi connectivity index (χ4v) is 2.88. The third-order valence-electron chi connectivity index (χ3n) is 4.94. The molecule has 0 bridgehead atoms. The van der Waals surface area contributed by atoms with Gasteiger partial charge < -0.3 is 15.5 Å². The van der Waals surface area contributed by atoms with Crippen molar-refractivity contribution in [3.63, 3.8) is 0 Å². The van der Waals surface area contributed by atoms with Crippen LogP contribution in [0.5, 0.6) is 5.75 Å². The Balaban J connectivity index is 2.60. The maximum absolute atomic E-state index is 10.6. The second-order valence-corrected chi connectivity index (χ2v) is 6.67. The number of benzene rings is 1. The average Bonchev–Trinajstić information content (AvgIpc) is 2.40. The van der Waals surface area contributed by atoms with E-state index in [9.17, 15) is 15.5 Å². The summed E-state index contributed by atoms with van der Waals surface area (Å²) in [5, 5.41) is 33.2. The molecule has 0 aliphatic carbocycles. The lowest BCUT2D eigenvalue weighted by Crippen LogP contribution is -2.52. The van der Waals surface area contributed by atoms with Gasteiger partial charge in [0.25, 0.3) is 0 Å². The number of aryl methyl sites for hydroxylation is 2. The second kappa shape index (κ2) is 4.43. The van der Waals surface area contributed by atoms with Crippen LogP contribution in [0, 0.1) is 13.8 Å². The number of rotatable bonds is 1. The zero-order chi connectivity index (χ0) is 15.5. The summed E-state index contributed by atoms with van der Waals surface area (Å²) in [6.07, 6.45) is -0.652. The number of hydrogen-bond acceptors (Lipinski definition) is 5. The molecule has 20 heavy (non-hydrogen) atoms. The molecule has 0 amide bonds. The van der Waals surface area contributed by atoms with E-state index in [1.165, 1.54) is 10.1 Å². The van der Waals surface area contributed by atoms with Gasteiger partial charge in [-0.15, -0.1) is 0 Å². The van der Waals surface area contributed by atoms with Crippen LogP contribution in [0.25, 0.3) is 0 Å². The molecule has 0 radical (unpaired) electrons. The molecule has 1 aliphatic heterocycles. The Morgan fingerprint density at radius 1 is 0.900 bits per heavy atom. The molecule has 1 saturated heterocycles. The van der Waals surface area contributed by atoms with Crippen LogP contribution in [0.2, 0.25) is 0 Å². The molecule has 1 aromatic rings. The highest BCUT2D eigenvalue weighted by Crippen LogP contribution is 2.48. The van der Waals surface area contributed by atoms with Crippen LogP contribution in [-0.2, 0) is 0 Å². The van der Waals surface area contributed by atoms with E-state index in [1.807, 2.05) is 41.5 Å². The summed E-state index contributed by atoms with van der Waals surface area (Å²) in [7, 11) is 0. The van der Waals surface area contributed by atoms with Gasteiger partial charge in [-0.3, -0.25) is 0 Å². The molecule has 1 aliphatic rings. The zero-order valence-electron chi connectivity index (χ0n) is 13.0. The molecular formula is C15H24N2O3. The van der Waals surface area contributed by atoms with Crippen LogP contribution >= 0.6 is 0 Å². The van der Waals surface area contributed by atoms with Gasteiger partial charge >= 0.3 is 0 Å². The highest BCUT2D eigenvalue weighted by molar-refractivity contribution is 5.43. The fourth-order valence-electron chi connectivity index (χ4n) is 2.88. The molecule has 0 aromatic heterocycles. The Hall–Kier alpha value is -1.14. The lowest BCUT2D eigenvalue weighted by Gasteiger charge is -2.37. The van der Waals surface area contributed by atoms with Crippen molar-refractivity contribution in [1.82, 2.24) is 10.1 Å². The first kappa shape index (κ1) is 15.3. The fraction of sp³-hybridized carbons (Fsp3) is 0.600. The van der Waals surface area contributed by atoms with Crippen molar-refractivity contribution in [2.75, 3.05) is 0 Å². The molecular weight excluding hydrogens is 256 g/mol. The summed E-state index contributed by atoms with van der Waals surface area (Å²) < 4.78 is 0. The predicted octanol–water partition coefficient (Wildman–Crippen LogP) is 2.96. The lowest BCUT2D eigenvalue weighted by molar-refractivity contribution is -0.223. The topological polar surface area (TPSA) is 67.2 Å². The van der Waals surface area contributed by atoms with E-state index in [1.54, 1.807) is 12.1 Å². The van der Waals surface area contributed by atoms with E-state index in [0.717, 1.165) is 16.7 Å². The van der Waals surface area contributed by atoms with E-state index in [4.69, 9.17) is 0 Å². The molecule has 1 heterocycles. The van der Waals surface area contributed by atoms with Crippen LogP contribution in [0.15, 0.2) is 12.1 Å². The standard InChI is InChI=1S/C15H24N2O3/c1-9-7-11(18)8-10(2)12(9)13-16(19)14(3,4)15(5,6)17(13)20/h7-8,13,18-20H,1-6H3. The normalized spacial score (nSPS) is 23.4.